The average Bonchev–Trinajstić information content (AvgIpc) is 2.66. The first-order valence-corrected chi connectivity index (χ1v) is 6.39. The van der Waals surface area contributed by atoms with Gasteiger partial charge in [0.05, 0.1) is 5.60 Å². The summed E-state index contributed by atoms with van der Waals surface area (Å²) in [7, 11) is 0. The highest BCUT2D eigenvalue weighted by atomic mass is 16.3. The highest BCUT2D eigenvalue weighted by Crippen LogP contribution is 2.15. The zero-order chi connectivity index (χ0) is 12.7. The summed E-state index contributed by atoms with van der Waals surface area (Å²) in [5.41, 5.74) is -0.722. The third-order valence-electron chi connectivity index (χ3n) is 2.76. The molecular weight excluding hydrogens is 216 g/mol. The van der Waals surface area contributed by atoms with E-state index in [1.807, 2.05) is 11.6 Å². The Morgan fingerprint density at radius 1 is 1.47 bits per heavy atom. The lowest BCUT2D eigenvalue weighted by atomic mass is 9.97. The van der Waals surface area contributed by atoms with Crippen LogP contribution in [0.4, 0.5) is 0 Å². The fourth-order valence-electron chi connectivity index (χ4n) is 1.79. The minimum Gasteiger partial charge on any atom is -0.390 e. The summed E-state index contributed by atoms with van der Waals surface area (Å²) < 4.78 is 1.88. The van der Waals surface area contributed by atoms with Crippen LogP contribution >= 0.6 is 0 Å². The van der Waals surface area contributed by atoms with E-state index < -0.39 is 5.60 Å². The zero-order valence-electron chi connectivity index (χ0n) is 11.1. The van der Waals surface area contributed by atoms with Crippen molar-refractivity contribution in [2.45, 2.75) is 52.2 Å². The van der Waals surface area contributed by atoms with Gasteiger partial charge < -0.3 is 10.4 Å². The molecule has 98 valence electrons. The predicted octanol–water partition coefficient (Wildman–Crippen LogP) is 0.981. The Morgan fingerprint density at radius 3 is 2.88 bits per heavy atom. The van der Waals surface area contributed by atoms with Crippen LogP contribution < -0.4 is 5.32 Å². The maximum Gasteiger partial charge on any atom is 0.138 e. The van der Waals surface area contributed by atoms with Crippen molar-refractivity contribution in [2.24, 2.45) is 0 Å². The molecule has 0 spiro atoms. The van der Waals surface area contributed by atoms with Crippen molar-refractivity contribution in [2.75, 3.05) is 13.1 Å². The number of nitrogens with zero attached hydrogens (tertiary/aromatic N) is 3. The standard InChI is InChI=1S/C12H24N4O/c1-4-8-16-11(14-10-15-16)9-12(3,17)6-7-13-5-2/h10,13,17H,4-9H2,1-3H3. The van der Waals surface area contributed by atoms with E-state index >= 15 is 0 Å². The average molecular weight is 240 g/mol. The third-order valence-corrected chi connectivity index (χ3v) is 2.76. The summed E-state index contributed by atoms with van der Waals surface area (Å²) >= 11 is 0. The molecule has 1 heterocycles. The first kappa shape index (κ1) is 14.1. The Labute approximate surface area is 103 Å². The van der Waals surface area contributed by atoms with Gasteiger partial charge in [-0.05, 0) is 32.9 Å². The van der Waals surface area contributed by atoms with E-state index in [1.165, 1.54) is 0 Å². The zero-order valence-corrected chi connectivity index (χ0v) is 11.1. The molecule has 0 saturated carbocycles. The van der Waals surface area contributed by atoms with Gasteiger partial charge in [-0.3, -0.25) is 4.68 Å². The fraction of sp³-hybridized carbons (Fsp3) is 0.833. The van der Waals surface area contributed by atoms with Gasteiger partial charge in [-0.25, -0.2) is 4.98 Å². The van der Waals surface area contributed by atoms with Crippen molar-refractivity contribution in [1.82, 2.24) is 20.1 Å². The largest absolute Gasteiger partial charge is 0.390 e. The second-order valence-corrected chi connectivity index (χ2v) is 4.68. The van der Waals surface area contributed by atoms with Gasteiger partial charge in [0.1, 0.15) is 12.2 Å². The monoisotopic (exact) mass is 240 g/mol. The lowest BCUT2D eigenvalue weighted by Crippen LogP contribution is -2.33. The van der Waals surface area contributed by atoms with Crippen molar-refractivity contribution >= 4 is 0 Å². The van der Waals surface area contributed by atoms with Gasteiger partial charge in [-0.15, -0.1) is 0 Å². The highest BCUT2D eigenvalue weighted by Gasteiger charge is 2.23. The lowest BCUT2D eigenvalue weighted by molar-refractivity contribution is 0.0485. The van der Waals surface area contributed by atoms with E-state index in [1.54, 1.807) is 6.33 Å². The minimum atomic E-state index is -0.722. The Kier molecular flexibility index (Phi) is 5.58. The van der Waals surface area contributed by atoms with Gasteiger partial charge in [0.2, 0.25) is 0 Å². The van der Waals surface area contributed by atoms with Gasteiger partial charge in [0, 0.05) is 13.0 Å². The molecule has 5 heteroatoms. The molecule has 0 aliphatic heterocycles. The Hall–Kier alpha value is -0.940. The molecule has 1 atom stereocenters. The Bertz CT molecular complexity index is 322. The maximum atomic E-state index is 10.3. The molecule has 0 aliphatic rings. The molecule has 0 bridgehead atoms. The first-order valence-electron chi connectivity index (χ1n) is 6.39. The topological polar surface area (TPSA) is 63.0 Å². The molecular formula is C12H24N4O. The summed E-state index contributed by atoms with van der Waals surface area (Å²) in [4.78, 5) is 4.22. The maximum absolute atomic E-state index is 10.3. The molecule has 0 saturated heterocycles. The van der Waals surface area contributed by atoms with E-state index in [2.05, 4.69) is 29.2 Å². The molecule has 17 heavy (non-hydrogen) atoms. The number of rotatable bonds is 8. The number of aliphatic hydroxyl groups is 1. The SMILES string of the molecule is CCCn1ncnc1CC(C)(O)CCNCC. The smallest absolute Gasteiger partial charge is 0.138 e. The lowest BCUT2D eigenvalue weighted by Gasteiger charge is -2.23. The second kappa shape index (κ2) is 6.71. The summed E-state index contributed by atoms with van der Waals surface area (Å²) in [6.07, 6.45) is 3.86. The van der Waals surface area contributed by atoms with Gasteiger partial charge in [0.15, 0.2) is 0 Å². The van der Waals surface area contributed by atoms with Crippen molar-refractivity contribution in [3.8, 4) is 0 Å². The molecule has 0 amide bonds. The summed E-state index contributed by atoms with van der Waals surface area (Å²) in [5, 5.41) is 17.7. The third kappa shape index (κ3) is 4.83. The fourth-order valence-corrected chi connectivity index (χ4v) is 1.79. The van der Waals surface area contributed by atoms with Crippen LogP contribution in [0.15, 0.2) is 6.33 Å². The molecule has 1 rings (SSSR count). The molecule has 0 aromatic carbocycles. The molecule has 2 N–H and O–H groups in total. The van der Waals surface area contributed by atoms with Crippen LogP contribution in [0.3, 0.4) is 0 Å². The van der Waals surface area contributed by atoms with Crippen molar-refractivity contribution in [3.63, 3.8) is 0 Å². The Balaban J connectivity index is 2.52. The van der Waals surface area contributed by atoms with Crippen LogP contribution in [0.1, 0.15) is 39.4 Å². The van der Waals surface area contributed by atoms with Gasteiger partial charge in [-0.1, -0.05) is 13.8 Å². The predicted molar refractivity (Wildman–Crippen MR) is 67.8 cm³/mol. The number of aryl methyl sites for hydroxylation is 1. The summed E-state index contributed by atoms with van der Waals surface area (Å²) in [5.74, 6) is 0.869. The molecule has 0 fully saturated rings. The highest BCUT2D eigenvalue weighted by molar-refractivity contribution is 4.93. The van der Waals surface area contributed by atoms with Crippen molar-refractivity contribution < 1.29 is 5.11 Å². The van der Waals surface area contributed by atoms with Crippen LogP contribution in [0, 0.1) is 0 Å². The number of nitrogens with one attached hydrogen (secondary N) is 1. The molecule has 1 aromatic rings. The minimum absolute atomic E-state index is 0.554. The van der Waals surface area contributed by atoms with Crippen LogP contribution in [-0.2, 0) is 13.0 Å². The van der Waals surface area contributed by atoms with E-state index in [0.29, 0.717) is 6.42 Å². The summed E-state index contributed by atoms with van der Waals surface area (Å²) in [6.45, 7) is 8.64. The molecule has 0 aliphatic carbocycles. The van der Waals surface area contributed by atoms with E-state index in [0.717, 1.165) is 38.3 Å². The van der Waals surface area contributed by atoms with E-state index in [9.17, 15) is 5.11 Å². The first-order chi connectivity index (χ1) is 8.09. The second-order valence-electron chi connectivity index (χ2n) is 4.68. The number of hydrogen-bond donors (Lipinski definition) is 2. The number of aromatic nitrogens is 3. The van der Waals surface area contributed by atoms with Crippen molar-refractivity contribution in [3.05, 3.63) is 12.2 Å². The van der Waals surface area contributed by atoms with E-state index in [4.69, 9.17) is 0 Å². The van der Waals surface area contributed by atoms with Crippen LogP contribution in [0.25, 0.3) is 0 Å². The number of hydrogen-bond acceptors (Lipinski definition) is 4. The quantitative estimate of drug-likeness (QED) is 0.665. The van der Waals surface area contributed by atoms with Crippen LogP contribution in [-0.4, -0.2) is 38.6 Å². The Morgan fingerprint density at radius 2 is 2.24 bits per heavy atom. The van der Waals surface area contributed by atoms with Gasteiger partial charge >= 0.3 is 0 Å². The molecule has 1 unspecified atom stereocenters. The normalized spacial score (nSPS) is 14.8. The van der Waals surface area contributed by atoms with Crippen LogP contribution in [0.5, 0.6) is 0 Å². The molecule has 0 radical (unpaired) electrons. The van der Waals surface area contributed by atoms with Crippen LogP contribution in [0.2, 0.25) is 0 Å². The summed E-state index contributed by atoms with van der Waals surface area (Å²) in [6, 6.07) is 0. The molecule has 5 nitrogen and oxygen atoms in total. The molecule has 1 aromatic heterocycles. The van der Waals surface area contributed by atoms with Gasteiger partial charge in [0.25, 0.3) is 0 Å². The van der Waals surface area contributed by atoms with Gasteiger partial charge in [-0.2, -0.15) is 5.10 Å². The van der Waals surface area contributed by atoms with Crippen molar-refractivity contribution in [1.29, 1.82) is 0 Å². The van der Waals surface area contributed by atoms with E-state index in [-0.39, 0.29) is 0 Å².